The molecule has 32 heavy (non-hydrogen) atoms. The van der Waals surface area contributed by atoms with E-state index in [1.54, 1.807) is 12.1 Å². The molecule has 1 saturated heterocycles. The smallest absolute Gasteiger partial charge is 0.320 e. The summed E-state index contributed by atoms with van der Waals surface area (Å²) >= 11 is 1.53. The Labute approximate surface area is 191 Å². The summed E-state index contributed by atoms with van der Waals surface area (Å²) in [6.07, 6.45) is 0. The average molecular weight is 461 g/mol. The highest BCUT2D eigenvalue weighted by Gasteiger charge is 2.26. The maximum absolute atomic E-state index is 13.4. The van der Waals surface area contributed by atoms with Crippen molar-refractivity contribution in [2.45, 2.75) is 33.2 Å². The number of nitrogens with zero attached hydrogens (tertiary/aromatic N) is 5. The monoisotopic (exact) mass is 460 g/mol. The van der Waals surface area contributed by atoms with Crippen LogP contribution >= 0.6 is 11.3 Å². The fourth-order valence-corrected chi connectivity index (χ4v) is 4.58. The number of piperazine rings is 1. The van der Waals surface area contributed by atoms with Crippen LogP contribution < -0.4 is 10.2 Å². The molecule has 3 heterocycles. The van der Waals surface area contributed by atoms with Crippen LogP contribution in [0, 0.1) is 5.82 Å². The van der Waals surface area contributed by atoms with Crippen molar-refractivity contribution in [1.29, 1.82) is 0 Å². The summed E-state index contributed by atoms with van der Waals surface area (Å²) in [6.45, 7) is 11.9. The molecule has 4 rings (SSSR count). The maximum Gasteiger partial charge on any atom is 0.320 e. The van der Waals surface area contributed by atoms with Gasteiger partial charge in [0.2, 0.25) is 10.1 Å². The summed E-state index contributed by atoms with van der Waals surface area (Å²) in [5.74, 6) is 0.338. The highest BCUT2D eigenvalue weighted by atomic mass is 32.1. The molecule has 1 aromatic carbocycles. The van der Waals surface area contributed by atoms with Crippen molar-refractivity contribution in [1.82, 2.24) is 19.5 Å². The lowest BCUT2D eigenvalue weighted by atomic mass is 10.1. The summed E-state index contributed by atoms with van der Waals surface area (Å²) in [5, 5.41) is 9.26. The number of anilines is 2. The van der Waals surface area contributed by atoms with E-state index in [1.807, 2.05) is 11.4 Å². The predicted molar refractivity (Wildman–Crippen MR) is 125 cm³/mol. The van der Waals surface area contributed by atoms with Gasteiger partial charge in [-0.2, -0.15) is 4.52 Å². The molecule has 1 aliphatic heterocycles. The highest BCUT2D eigenvalue weighted by Crippen LogP contribution is 2.35. The molecule has 2 aromatic heterocycles. The van der Waals surface area contributed by atoms with E-state index in [2.05, 4.69) is 35.9 Å². The molecule has 3 aromatic rings. The SMILES string of the molecule is CCOC(=O)CN1CCN(c2nn3c(NC(C)(C)C)c(-c4ccc(F)cc4)nc3s2)CC1. The van der Waals surface area contributed by atoms with Crippen LogP contribution in [0.1, 0.15) is 27.7 Å². The van der Waals surface area contributed by atoms with Gasteiger partial charge in [0.05, 0.1) is 13.2 Å². The third-order valence-corrected chi connectivity index (χ3v) is 6.07. The van der Waals surface area contributed by atoms with Crippen LogP contribution in [0.3, 0.4) is 0 Å². The second kappa shape index (κ2) is 9.03. The first-order valence-corrected chi connectivity index (χ1v) is 11.6. The van der Waals surface area contributed by atoms with Gasteiger partial charge in [0.15, 0.2) is 5.82 Å². The van der Waals surface area contributed by atoms with E-state index in [9.17, 15) is 9.18 Å². The van der Waals surface area contributed by atoms with Crippen molar-refractivity contribution in [2.75, 3.05) is 49.5 Å². The highest BCUT2D eigenvalue weighted by molar-refractivity contribution is 7.20. The molecular weight excluding hydrogens is 431 g/mol. The number of rotatable bonds is 6. The minimum Gasteiger partial charge on any atom is -0.465 e. The van der Waals surface area contributed by atoms with Crippen molar-refractivity contribution in [2.24, 2.45) is 0 Å². The zero-order valence-electron chi connectivity index (χ0n) is 18.9. The lowest BCUT2D eigenvalue weighted by molar-refractivity contribution is -0.144. The zero-order valence-corrected chi connectivity index (χ0v) is 19.7. The van der Waals surface area contributed by atoms with Gasteiger partial charge in [-0.1, -0.05) is 11.3 Å². The van der Waals surface area contributed by atoms with Crippen LogP contribution in [0.25, 0.3) is 16.2 Å². The molecule has 8 nitrogen and oxygen atoms in total. The van der Waals surface area contributed by atoms with Gasteiger partial charge in [0, 0.05) is 37.3 Å². The topological polar surface area (TPSA) is 75.0 Å². The van der Waals surface area contributed by atoms with Crippen molar-refractivity contribution in [3.05, 3.63) is 30.1 Å². The fraction of sp³-hybridized carbons (Fsp3) is 0.500. The Hall–Kier alpha value is -2.72. The van der Waals surface area contributed by atoms with Gasteiger partial charge in [-0.15, -0.1) is 5.10 Å². The zero-order chi connectivity index (χ0) is 22.9. The van der Waals surface area contributed by atoms with Crippen molar-refractivity contribution in [3.63, 3.8) is 0 Å². The minimum absolute atomic E-state index is 0.181. The van der Waals surface area contributed by atoms with E-state index in [4.69, 9.17) is 14.8 Å². The van der Waals surface area contributed by atoms with E-state index in [-0.39, 0.29) is 17.3 Å². The number of halogens is 1. The maximum atomic E-state index is 13.4. The number of esters is 1. The first-order valence-electron chi connectivity index (χ1n) is 10.8. The number of nitrogens with one attached hydrogen (secondary N) is 1. The quantitative estimate of drug-likeness (QED) is 0.565. The van der Waals surface area contributed by atoms with Gasteiger partial charge in [0.25, 0.3) is 0 Å². The minimum atomic E-state index is -0.275. The molecule has 1 aliphatic rings. The average Bonchev–Trinajstić information content (AvgIpc) is 3.28. The Kier molecular flexibility index (Phi) is 6.34. The van der Waals surface area contributed by atoms with E-state index < -0.39 is 0 Å². The van der Waals surface area contributed by atoms with E-state index in [0.717, 1.165) is 53.3 Å². The van der Waals surface area contributed by atoms with Crippen LogP contribution in [0.15, 0.2) is 24.3 Å². The predicted octanol–water partition coefficient (Wildman–Crippen LogP) is 3.49. The summed E-state index contributed by atoms with van der Waals surface area (Å²) in [7, 11) is 0. The summed E-state index contributed by atoms with van der Waals surface area (Å²) in [5.41, 5.74) is 1.39. The Morgan fingerprint density at radius 1 is 1.19 bits per heavy atom. The summed E-state index contributed by atoms with van der Waals surface area (Å²) < 4.78 is 20.3. The van der Waals surface area contributed by atoms with Crippen LogP contribution in [-0.2, 0) is 9.53 Å². The lowest BCUT2D eigenvalue weighted by Gasteiger charge is -2.33. The molecule has 0 bridgehead atoms. The largest absolute Gasteiger partial charge is 0.465 e. The lowest BCUT2D eigenvalue weighted by Crippen LogP contribution is -2.48. The molecule has 0 saturated carbocycles. The second-order valence-corrected chi connectivity index (χ2v) is 9.77. The number of carbonyl (C=O) groups is 1. The molecular formula is C22H29FN6O2S. The van der Waals surface area contributed by atoms with E-state index in [1.165, 1.54) is 23.5 Å². The number of aromatic nitrogens is 3. The molecule has 0 unspecified atom stereocenters. The fourth-order valence-electron chi connectivity index (χ4n) is 3.63. The normalized spacial score (nSPS) is 15.3. The number of fused-ring (bicyclic) bond motifs is 1. The first-order chi connectivity index (χ1) is 15.2. The van der Waals surface area contributed by atoms with Gasteiger partial charge < -0.3 is 15.0 Å². The number of ether oxygens (including phenoxy) is 1. The first kappa shape index (κ1) is 22.5. The van der Waals surface area contributed by atoms with Gasteiger partial charge >= 0.3 is 5.97 Å². The third kappa shape index (κ3) is 5.02. The molecule has 0 atom stereocenters. The number of benzene rings is 1. The number of hydrogen-bond acceptors (Lipinski definition) is 8. The molecule has 0 amide bonds. The molecule has 1 N–H and O–H groups in total. The molecule has 10 heteroatoms. The summed E-state index contributed by atoms with van der Waals surface area (Å²) in [4.78, 5) is 21.7. The standard InChI is InChI=1S/C22H29FN6O2S/c1-5-31-17(30)14-27-10-12-28(13-11-27)21-26-29-19(25-22(2,3)4)18(24-20(29)32-21)15-6-8-16(23)9-7-15/h6-9,25H,5,10-14H2,1-4H3. The Bertz CT molecular complexity index is 1080. The Morgan fingerprint density at radius 2 is 1.88 bits per heavy atom. The van der Waals surface area contributed by atoms with Gasteiger partial charge in [0.1, 0.15) is 11.5 Å². The second-order valence-electron chi connectivity index (χ2n) is 8.84. The van der Waals surface area contributed by atoms with Gasteiger partial charge in [-0.3, -0.25) is 9.69 Å². The molecule has 0 aliphatic carbocycles. The van der Waals surface area contributed by atoms with E-state index in [0.29, 0.717) is 13.2 Å². The van der Waals surface area contributed by atoms with Crippen LogP contribution in [-0.4, -0.2) is 70.3 Å². The van der Waals surface area contributed by atoms with Crippen molar-refractivity contribution < 1.29 is 13.9 Å². The Morgan fingerprint density at radius 3 is 2.50 bits per heavy atom. The van der Waals surface area contributed by atoms with Crippen molar-refractivity contribution in [3.8, 4) is 11.3 Å². The Balaban J connectivity index is 1.56. The van der Waals surface area contributed by atoms with Gasteiger partial charge in [-0.05, 0) is 52.0 Å². The van der Waals surface area contributed by atoms with Crippen molar-refractivity contribution >= 4 is 33.2 Å². The van der Waals surface area contributed by atoms with Crippen LogP contribution in [0.5, 0.6) is 0 Å². The number of imidazole rings is 1. The number of hydrogen-bond donors (Lipinski definition) is 1. The molecule has 1 fully saturated rings. The molecule has 0 spiro atoms. The molecule has 172 valence electrons. The van der Waals surface area contributed by atoms with Gasteiger partial charge in [-0.25, -0.2) is 9.37 Å². The van der Waals surface area contributed by atoms with Crippen LogP contribution in [0.4, 0.5) is 15.3 Å². The van der Waals surface area contributed by atoms with Crippen LogP contribution in [0.2, 0.25) is 0 Å². The third-order valence-electron chi connectivity index (χ3n) is 5.10. The molecule has 0 radical (unpaired) electrons. The summed E-state index contributed by atoms with van der Waals surface area (Å²) in [6, 6.07) is 6.36. The number of carbonyl (C=O) groups excluding carboxylic acids is 1. The van der Waals surface area contributed by atoms with E-state index >= 15 is 0 Å².